The molecule has 7 nitrogen and oxygen atoms in total. The van der Waals surface area contributed by atoms with Crippen molar-refractivity contribution in [2.45, 2.75) is 45.6 Å². The summed E-state index contributed by atoms with van der Waals surface area (Å²) in [5.74, 6) is 0.219. The first-order valence-electron chi connectivity index (χ1n) is 9.22. The van der Waals surface area contributed by atoms with Gasteiger partial charge in [0.05, 0.1) is 17.3 Å². The highest BCUT2D eigenvalue weighted by Crippen LogP contribution is 2.27. The molecule has 0 atom stereocenters. The number of hydrogen-bond acceptors (Lipinski definition) is 5. The highest BCUT2D eigenvalue weighted by molar-refractivity contribution is 6.13. The third kappa shape index (κ3) is 4.74. The van der Waals surface area contributed by atoms with Gasteiger partial charge in [0.15, 0.2) is 5.78 Å². The average molecular weight is 370 g/mol. The Morgan fingerprint density at radius 3 is 2.93 bits per heavy atom. The zero-order chi connectivity index (χ0) is 19.4. The molecule has 1 amide bonds. The van der Waals surface area contributed by atoms with Gasteiger partial charge in [0.25, 0.3) is 5.91 Å². The fraction of sp³-hybridized carbons (Fsp3) is 0.450. The summed E-state index contributed by atoms with van der Waals surface area (Å²) in [6.07, 6.45) is 6.85. The molecule has 0 unspecified atom stereocenters. The number of amides is 1. The smallest absolute Gasteiger partial charge is 0.258 e. The number of aryl methyl sites for hydroxylation is 1. The van der Waals surface area contributed by atoms with E-state index in [1.54, 1.807) is 24.7 Å². The van der Waals surface area contributed by atoms with Crippen molar-refractivity contribution in [3.05, 3.63) is 41.5 Å². The van der Waals surface area contributed by atoms with E-state index in [0.29, 0.717) is 42.1 Å². The number of hydrogen-bond donors (Lipinski definition) is 3. The predicted octanol–water partition coefficient (Wildman–Crippen LogP) is 2.95. The van der Waals surface area contributed by atoms with E-state index >= 15 is 0 Å². The number of ketones is 1. The van der Waals surface area contributed by atoms with Gasteiger partial charge in [-0.15, -0.1) is 0 Å². The van der Waals surface area contributed by atoms with E-state index in [1.807, 2.05) is 0 Å². The summed E-state index contributed by atoms with van der Waals surface area (Å²) in [5, 5.41) is 6.17. The average Bonchev–Trinajstić information content (AvgIpc) is 3.05. The van der Waals surface area contributed by atoms with Crippen LogP contribution in [0.4, 0.5) is 5.69 Å². The van der Waals surface area contributed by atoms with Gasteiger partial charge in [-0.2, -0.15) is 0 Å². The van der Waals surface area contributed by atoms with Crippen LogP contribution in [0.15, 0.2) is 24.7 Å². The molecule has 0 fully saturated rings. The fourth-order valence-corrected chi connectivity index (χ4v) is 3.09. The summed E-state index contributed by atoms with van der Waals surface area (Å²) in [4.78, 5) is 32.1. The molecule has 3 rings (SSSR count). The number of fused-ring (bicyclic) bond motifs is 1. The second kappa shape index (κ2) is 7.92. The Morgan fingerprint density at radius 2 is 2.15 bits per heavy atom. The Hall–Kier alpha value is -2.67. The second-order valence-electron chi connectivity index (χ2n) is 7.68. The minimum atomic E-state index is -0.339. The summed E-state index contributed by atoms with van der Waals surface area (Å²) < 4.78 is 5.79. The van der Waals surface area contributed by atoms with Crippen LogP contribution in [0.25, 0.3) is 0 Å². The number of carbonyl (C=O) groups excluding carboxylic acids is 2. The molecule has 2 heterocycles. The van der Waals surface area contributed by atoms with Gasteiger partial charge in [0, 0.05) is 42.7 Å². The third-order valence-corrected chi connectivity index (χ3v) is 4.36. The van der Waals surface area contributed by atoms with Gasteiger partial charge in [0.2, 0.25) is 0 Å². The van der Waals surface area contributed by atoms with E-state index in [9.17, 15) is 9.59 Å². The molecular weight excluding hydrogens is 344 g/mol. The number of rotatable bonds is 6. The zero-order valence-corrected chi connectivity index (χ0v) is 16.0. The van der Waals surface area contributed by atoms with Crippen molar-refractivity contribution < 1.29 is 14.3 Å². The van der Waals surface area contributed by atoms with Gasteiger partial charge in [-0.05, 0) is 33.6 Å². The maximum Gasteiger partial charge on any atom is 0.258 e. The number of pyridine rings is 1. The predicted molar refractivity (Wildman–Crippen MR) is 104 cm³/mol. The fourth-order valence-electron chi connectivity index (χ4n) is 3.09. The van der Waals surface area contributed by atoms with E-state index in [-0.39, 0.29) is 17.2 Å². The Morgan fingerprint density at radius 1 is 1.33 bits per heavy atom. The summed E-state index contributed by atoms with van der Waals surface area (Å²) in [5.41, 5.74) is 2.22. The van der Waals surface area contributed by atoms with E-state index in [0.717, 1.165) is 18.5 Å². The van der Waals surface area contributed by atoms with Crippen molar-refractivity contribution >= 4 is 17.4 Å². The van der Waals surface area contributed by atoms with Gasteiger partial charge in [-0.3, -0.25) is 14.6 Å². The number of anilines is 1. The number of nitrogens with one attached hydrogen (secondary N) is 3. The molecule has 1 aliphatic carbocycles. The summed E-state index contributed by atoms with van der Waals surface area (Å²) >= 11 is 0. The SMILES string of the molecule is CC(C)(C)NCCOc1ccncc1NC(=O)c1c[nH]c2c1C(=O)CCC2. The largest absolute Gasteiger partial charge is 0.490 e. The number of Topliss-reactive ketones (excluding diaryl/α,β-unsaturated/α-hetero) is 1. The number of ether oxygens (including phenoxy) is 1. The third-order valence-electron chi connectivity index (χ3n) is 4.36. The molecule has 1 aliphatic rings. The maximum atomic E-state index is 12.7. The van der Waals surface area contributed by atoms with Gasteiger partial charge < -0.3 is 20.4 Å². The Bertz CT molecular complexity index is 836. The van der Waals surface area contributed by atoms with Crippen molar-refractivity contribution in [2.24, 2.45) is 0 Å². The van der Waals surface area contributed by atoms with Crippen LogP contribution >= 0.6 is 0 Å². The molecule has 0 aliphatic heterocycles. The minimum absolute atomic E-state index is 0.0125. The van der Waals surface area contributed by atoms with Crippen LogP contribution in [-0.4, -0.2) is 40.3 Å². The van der Waals surface area contributed by atoms with Crippen molar-refractivity contribution in [2.75, 3.05) is 18.5 Å². The molecular formula is C20H26N4O3. The van der Waals surface area contributed by atoms with Crippen LogP contribution in [0.5, 0.6) is 5.75 Å². The standard InChI is InChI=1S/C20H26N4O3/c1-20(2,3)23-9-10-27-17-7-8-21-12-15(17)24-19(26)13-11-22-14-5-4-6-16(25)18(13)14/h7-8,11-12,22-23H,4-6,9-10H2,1-3H3,(H,24,26). The summed E-state index contributed by atoms with van der Waals surface area (Å²) in [6, 6.07) is 1.71. The van der Waals surface area contributed by atoms with E-state index < -0.39 is 0 Å². The molecule has 0 spiro atoms. The second-order valence-corrected chi connectivity index (χ2v) is 7.68. The molecule has 2 aromatic rings. The van der Waals surface area contributed by atoms with Crippen molar-refractivity contribution in [3.8, 4) is 5.75 Å². The number of nitrogens with zero attached hydrogens (tertiary/aromatic N) is 1. The van der Waals surface area contributed by atoms with Crippen LogP contribution < -0.4 is 15.4 Å². The number of aromatic nitrogens is 2. The van der Waals surface area contributed by atoms with Crippen molar-refractivity contribution in [3.63, 3.8) is 0 Å². The molecule has 0 saturated heterocycles. The van der Waals surface area contributed by atoms with Crippen molar-refractivity contribution in [1.82, 2.24) is 15.3 Å². The molecule has 144 valence electrons. The zero-order valence-electron chi connectivity index (χ0n) is 16.0. The molecule has 27 heavy (non-hydrogen) atoms. The van der Waals surface area contributed by atoms with E-state index in [4.69, 9.17) is 4.74 Å². The molecule has 2 aromatic heterocycles. The lowest BCUT2D eigenvalue weighted by Gasteiger charge is -2.20. The molecule has 3 N–H and O–H groups in total. The lowest BCUT2D eigenvalue weighted by atomic mass is 9.93. The highest BCUT2D eigenvalue weighted by atomic mass is 16.5. The van der Waals surface area contributed by atoms with Crippen LogP contribution in [0.2, 0.25) is 0 Å². The summed E-state index contributed by atoms with van der Waals surface area (Å²) in [6.45, 7) is 7.40. The number of carbonyl (C=O) groups is 2. The number of aromatic amines is 1. The van der Waals surface area contributed by atoms with Crippen LogP contribution in [-0.2, 0) is 6.42 Å². The summed E-state index contributed by atoms with van der Waals surface area (Å²) in [7, 11) is 0. The molecule has 0 aromatic carbocycles. The highest BCUT2D eigenvalue weighted by Gasteiger charge is 2.26. The van der Waals surface area contributed by atoms with Crippen LogP contribution in [0, 0.1) is 0 Å². The van der Waals surface area contributed by atoms with E-state index in [1.165, 1.54) is 0 Å². The van der Waals surface area contributed by atoms with Crippen LogP contribution in [0.1, 0.15) is 60.0 Å². The minimum Gasteiger partial charge on any atom is -0.490 e. The lowest BCUT2D eigenvalue weighted by Crippen LogP contribution is -2.38. The lowest BCUT2D eigenvalue weighted by molar-refractivity contribution is 0.0956. The Kier molecular flexibility index (Phi) is 5.60. The first-order chi connectivity index (χ1) is 12.8. The number of H-pyrrole nitrogens is 1. The van der Waals surface area contributed by atoms with Gasteiger partial charge in [-0.25, -0.2) is 0 Å². The monoisotopic (exact) mass is 370 g/mol. The topological polar surface area (TPSA) is 96.1 Å². The molecule has 0 radical (unpaired) electrons. The van der Waals surface area contributed by atoms with Crippen LogP contribution in [0.3, 0.4) is 0 Å². The quantitative estimate of drug-likeness (QED) is 0.680. The van der Waals surface area contributed by atoms with E-state index in [2.05, 4.69) is 41.4 Å². The molecule has 7 heteroatoms. The van der Waals surface area contributed by atoms with Gasteiger partial charge >= 0.3 is 0 Å². The first kappa shape index (κ1) is 19.1. The maximum absolute atomic E-state index is 12.7. The van der Waals surface area contributed by atoms with Gasteiger partial charge in [-0.1, -0.05) is 0 Å². The van der Waals surface area contributed by atoms with Gasteiger partial charge in [0.1, 0.15) is 18.0 Å². The van der Waals surface area contributed by atoms with Crippen molar-refractivity contribution in [1.29, 1.82) is 0 Å². The Balaban J connectivity index is 1.68. The first-order valence-corrected chi connectivity index (χ1v) is 9.22. The Labute approximate surface area is 158 Å². The molecule has 0 bridgehead atoms. The molecule has 0 saturated carbocycles. The normalized spacial score (nSPS) is 14.0.